The summed E-state index contributed by atoms with van der Waals surface area (Å²) in [6.07, 6.45) is 1.29. The smallest absolute Gasteiger partial charge is 0.151 e. The maximum atomic E-state index is 11.7. The van der Waals surface area contributed by atoms with Crippen molar-refractivity contribution in [1.29, 1.82) is 0 Å². The molecule has 1 heterocycles. The van der Waals surface area contributed by atoms with Gasteiger partial charge in [0.1, 0.15) is 0 Å². The van der Waals surface area contributed by atoms with Crippen LogP contribution >= 0.6 is 27.3 Å². The van der Waals surface area contributed by atoms with E-state index in [0.717, 1.165) is 20.8 Å². The molecule has 1 aromatic rings. The molecule has 1 aromatic heterocycles. The Balaban J connectivity index is 3.14. The molecule has 1 N–H and O–H groups in total. The monoisotopic (exact) mass is 339 g/mol. The fourth-order valence-electron chi connectivity index (χ4n) is 1.76. The van der Waals surface area contributed by atoms with Gasteiger partial charge in [0, 0.05) is 17.2 Å². The Kier molecular flexibility index (Phi) is 5.19. The SMILES string of the molecule is CCNC(c1cc(Br)sc1C)C(C)S(C)(=O)=O. The molecule has 1 rings (SSSR count). The van der Waals surface area contributed by atoms with E-state index in [-0.39, 0.29) is 6.04 Å². The summed E-state index contributed by atoms with van der Waals surface area (Å²) in [4.78, 5) is 1.15. The average molecular weight is 340 g/mol. The molecule has 2 atom stereocenters. The Hall–Kier alpha value is 0.0900. The van der Waals surface area contributed by atoms with Crippen molar-refractivity contribution in [2.75, 3.05) is 12.8 Å². The van der Waals surface area contributed by atoms with Gasteiger partial charge in [-0.05, 0) is 48.0 Å². The minimum atomic E-state index is -3.05. The summed E-state index contributed by atoms with van der Waals surface area (Å²) in [6.45, 7) is 6.51. The summed E-state index contributed by atoms with van der Waals surface area (Å²) in [6, 6.07) is 1.87. The highest BCUT2D eigenvalue weighted by atomic mass is 79.9. The lowest BCUT2D eigenvalue weighted by molar-refractivity contribution is 0.512. The van der Waals surface area contributed by atoms with Crippen molar-refractivity contribution in [3.8, 4) is 0 Å². The van der Waals surface area contributed by atoms with Crippen molar-refractivity contribution in [3.05, 3.63) is 20.3 Å². The summed E-state index contributed by atoms with van der Waals surface area (Å²) in [5, 5.41) is 2.84. The summed E-state index contributed by atoms with van der Waals surface area (Å²) < 4.78 is 24.4. The lowest BCUT2D eigenvalue weighted by atomic mass is 10.1. The van der Waals surface area contributed by atoms with Crippen LogP contribution in [0.4, 0.5) is 0 Å². The molecule has 0 aromatic carbocycles. The molecule has 0 aliphatic rings. The van der Waals surface area contributed by atoms with E-state index in [1.165, 1.54) is 6.26 Å². The van der Waals surface area contributed by atoms with Crippen molar-refractivity contribution in [3.63, 3.8) is 0 Å². The maximum Gasteiger partial charge on any atom is 0.151 e. The zero-order valence-electron chi connectivity index (χ0n) is 10.5. The van der Waals surface area contributed by atoms with Crippen LogP contribution in [0.1, 0.15) is 30.3 Å². The maximum absolute atomic E-state index is 11.7. The molecule has 0 bridgehead atoms. The van der Waals surface area contributed by atoms with Gasteiger partial charge in [-0.2, -0.15) is 0 Å². The normalized spacial score (nSPS) is 15.8. The second kappa shape index (κ2) is 5.82. The topological polar surface area (TPSA) is 46.2 Å². The van der Waals surface area contributed by atoms with Gasteiger partial charge in [-0.25, -0.2) is 8.42 Å². The zero-order chi connectivity index (χ0) is 13.2. The molecule has 6 heteroatoms. The minimum Gasteiger partial charge on any atom is -0.309 e. The first-order chi connectivity index (χ1) is 7.77. The molecule has 2 unspecified atom stereocenters. The van der Waals surface area contributed by atoms with Gasteiger partial charge < -0.3 is 5.32 Å². The van der Waals surface area contributed by atoms with Crippen LogP contribution in [0.3, 0.4) is 0 Å². The molecule has 0 saturated carbocycles. The molecule has 0 aliphatic heterocycles. The predicted molar refractivity (Wildman–Crippen MR) is 77.5 cm³/mol. The predicted octanol–water partition coefficient (Wildman–Crippen LogP) is 2.90. The van der Waals surface area contributed by atoms with Gasteiger partial charge >= 0.3 is 0 Å². The third-order valence-electron chi connectivity index (χ3n) is 2.83. The minimum absolute atomic E-state index is 0.141. The second-order valence-electron chi connectivity index (χ2n) is 4.13. The van der Waals surface area contributed by atoms with E-state index >= 15 is 0 Å². The van der Waals surface area contributed by atoms with Gasteiger partial charge in [0.25, 0.3) is 0 Å². The zero-order valence-corrected chi connectivity index (χ0v) is 13.7. The van der Waals surface area contributed by atoms with Crippen LogP contribution in [-0.4, -0.2) is 26.5 Å². The molecule has 0 spiro atoms. The van der Waals surface area contributed by atoms with Gasteiger partial charge in [-0.15, -0.1) is 11.3 Å². The first kappa shape index (κ1) is 15.1. The number of rotatable bonds is 5. The van der Waals surface area contributed by atoms with Crippen LogP contribution in [-0.2, 0) is 9.84 Å². The lowest BCUT2D eigenvalue weighted by Gasteiger charge is -2.23. The third kappa shape index (κ3) is 3.77. The third-order valence-corrected chi connectivity index (χ3v) is 6.02. The quantitative estimate of drug-likeness (QED) is 0.897. The highest BCUT2D eigenvalue weighted by Gasteiger charge is 2.28. The number of aryl methyl sites for hydroxylation is 1. The second-order valence-corrected chi connectivity index (χ2v) is 9.17. The molecule has 17 heavy (non-hydrogen) atoms. The highest BCUT2D eigenvalue weighted by molar-refractivity contribution is 9.11. The molecular weight excluding hydrogens is 322 g/mol. The van der Waals surface area contributed by atoms with Crippen molar-refractivity contribution in [2.45, 2.75) is 32.1 Å². The van der Waals surface area contributed by atoms with Crippen LogP contribution in [0.5, 0.6) is 0 Å². The summed E-state index contributed by atoms with van der Waals surface area (Å²) in [5.41, 5.74) is 1.07. The van der Waals surface area contributed by atoms with Gasteiger partial charge in [-0.1, -0.05) is 6.92 Å². The molecule has 0 radical (unpaired) electrons. The van der Waals surface area contributed by atoms with Crippen molar-refractivity contribution >= 4 is 37.1 Å². The molecular formula is C11H18BrNO2S2. The first-order valence-corrected chi connectivity index (χ1v) is 9.01. The van der Waals surface area contributed by atoms with Crippen LogP contribution in [0, 0.1) is 6.92 Å². The van der Waals surface area contributed by atoms with Crippen molar-refractivity contribution in [1.82, 2.24) is 5.32 Å². The molecule has 0 saturated heterocycles. The molecule has 0 fully saturated rings. The first-order valence-electron chi connectivity index (χ1n) is 5.45. The number of hydrogen-bond acceptors (Lipinski definition) is 4. The van der Waals surface area contributed by atoms with E-state index in [9.17, 15) is 8.42 Å². The van der Waals surface area contributed by atoms with Gasteiger partial charge in [-0.3, -0.25) is 0 Å². The molecule has 3 nitrogen and oxygen atoms in total. The summed E-state index contributed by atoms with van der Waals surface area (Å²) in [5.74, 6) is 0. The van der Waals surface area contributed by atoms with Crippen LogP contribution in [0.2, 0.25) is 0 Å². The van der Waals surface area contributed by atoms with Crippen LogP contribution in [0.25, 0.3) is 0 Å². The summed E-state index contributed by atoms with van der Waals surface area (Å²) in [7, 11) is -3.05. The van der Waals surface area contributed by atoms with Crippen molar-refractivity contribution < 1.29 is 8.42 Å². The molecule has 0 amide bonds. The summed E-state index contributed by atoms with van der Waals surface area (Å²) >= 11 is 5.08. The van der Waals surface area contributed by atoms with E-state index in [4.69, 9.17) is 0 Å². The number of nitrogens with one attached hydrogen (secondary N) is 1. The van der Waals surface area contributed by atoms with Gasteiger partial charge in [0.2, 0.25) is 0 Å². The number of thiophene rings is 1. The number of hydrogen-bond donors (Lipinski definition) is 1. The Labute approximate surface area is 116 Å². The van der Waals surface area contributed by atoms with E-state index in [2.05, 4.69) is 21.2 Å². The number of sulfone groups is 1. The van der Waals surface area contributed by atoms with Gasteiger partial charge in [0.15, 0.2) is 9.84 Å². The fourth-order valence-corrected chi connectivity index (χ4v) is 4.26. The van der Waals surface area contributed by atoms with E-state index in [0.29, 0.717) is 0 Å². The number of halogens is 1. The highest BCUT2D eigenvalue weighted by Crippen LogP contribution is 2.33. The van der Waals surface area contributed by atoms with Gasteiger partial charge in [0.05, 0.1) is 9.04 Å². The lowest BCUT2D eigenvalue weighted by Crippen LogP contribution is -2.35. The Bertz CT molecular complexity index is 482. The molecule has 98 valence electrons. The molecule has 0 aliphatic carbocycles. The fraction of sp³-hybridized carbons (Fsp3) is 0.636. The van der Waals surface area contributed by atoms with E-state index in [1.54, 1.807) is 18.3 Å². The Morgan fingerprint density at radius 2 is 2.12 bits per heavy atom. The Morgan fingerprint density at radius 1 is 1.53 bits per heavy atom. The van der Waals surface area contributed by atoms with Crippen LogP contribution in [0.15, 0.2) is 9.85 Å². The average Bonchev–Trinajstić information content (AvgIpc) is 2.52. The standard InChI is InChI=1S/C11H18BrNO2S2/c1-5-13-11(8(3)17(4,14)15)9-6-10(12)16-7(9)2/h6,8,11,13H,5H2,1-4H3. The Morgan fingerprint density at radius 3 is 2.47 bits per heavy atom. The van der Waals surface area contributed by atoms with Crippen LogP contribution < -0.4 is 5.32 Å². The van der Waals surface area contributed by atoms with Crippen molar-refractivity contribution in [2.24, 2.45) is 0 Å². The largest absolute Gasteiger partial charge is 0.309 e. The van der Waals surface area contributed by atoms with E-state index in [1.807, 2.05) is 19.9 Å². The van der Waals surface area contributed by atoms with E-state index < -0.39 is 15.1 Å².